The van der Waals surface area contributed by atoms with Crippen molar-refractivity contribution < 1.29 is 14.1 Å². The highest BCUT2D eigenvalue weighted by Crippen LogP contribution is 2.35. The number of hydrogen-bond acceptors (Lipinski definition) is 5. The molecule has 2 heterocycles. The molecule has 3 aromatic rings. The van der Waals surface area contributed by atoms with Gasteiger partial charge >= 0.3 is 6.03 Å². The topological polar surface area (TPSA) is 89.3 Å². The van der Waals surface area contributed by atoms with E-state index in [1.165, 1.54) is 0 Å². The number of anilines is 2. The van der Waals surface area contributed by atoms with Gasteiger partial charge in [0.1, 0.15) is 17.2 Å². The number of benzene rings is 1. The fourth-order valence-corrected chi connectivity index (χ4v) is 2.80. The van der Waals surface area contributed by atoms with Crippen molar-refractivity contribution in [3.63, 3.8) is 0 Å². The quantitative estimate of drug-likeness (QED) is 0.544. The predicted molar refractivity (Wildman–Crippen MR) is 117 cm³/mol. The number of carbonyl (C=O) groups excluding carboxylic acids is 1. The Morgan fingerprint density at radius 1 is 0.967 bits per heavy atom. The summed E-state index contributed by atoms with van der Waals surface area (Å²) in [6.07, 6.45) is 1.62. The zero-order valence-corrected chi connectivity index (χ0v) is 18.2. The van der Waals surface area contributed by atoms with Crippen molar-refractivity contribution >= 4 is 17.5 Å². The van der Waals surface area contributed by atoms with Crippen LogP contribution < -0.4 is 15.4 Å². The summed E-state index contributed by atoms with van der Waals surface area (Å²) in [6, 6.07) is 12.5. The van der Waals surface area contributed by atoms with Crippen molar-refractivity contribution in [1.82, 2.24) is 10.1 Å². The van der Waals surface area contributed by atoms with Gasteiger partial charge in [-0.3, -0.25) is 5.32 Å². The van der Waals surface area contributed by atoms with E-state index in [0.717, 1.165) is 5.56 Å². The van der Waals surface area contributed by atoms with E-state index >= 15 is 0 Å². The number of carbonyl (C=O) groups is 1. The number of pyridine rings is 1. The maximum atomic E-state index is 12.5. The van der Waals surface area contributed by atoms with Gasteiger partial charge in [0.05, 0.1) is 0 Å². The first-order valence-electron chi connectivity index (χ1n) is 9.81. The Morgan fingerprint density at radius 2 is 1.70 bits per heavy atom. The molecule has 0 bridgehead atoms. The lowest BCUT2D eigenvalue weighted by Crippen LogP contribution is -2.20. The molecule has 0 fully saturated rings. The molecule has 7 nitrogen and oxygen atoms in total. The van der Waals surface area contributed by atoms with Gasteiger partial charge in [-0.05, 0) is 23.6 Å². The van der Waals surface area contributed by atoms with Crippen molar-refractivity contribution in [3.05, 3.63) is 60.0 Å². The first-order valence-corrected chi connectivity index (χ1v) is 9.81. The number of urea groups is 1. The number of rotatable bonds is 4. The summed E-state index contributed by atoms with van der Waals surface area (Å²) in [5, 5.41) is 9.34. The highest BCUT2D eigenvalue weighted by Gasteiger charge is 2.22. The standard InChI is InChI=1S/C23H28N4O3/c1-22(2,3)15-10-7-8-12-17(15)29-20-16(11-9-13-24-20)25-21(28)26-19-14-18(30-27-19)23(4,5)6/h7-14H,1-6H3,(H2,25,26,27,28). The smallest absolute Gasteiger partial charge is 0.325 e. The van der Waals surface area contributed by atoms with Gasteiger partial charge in [0.15, 0.2) is 5.82 Å². The van der Waals surface area contributed by atoms with Gasteiger partial charge in [0.2, 0.25) is 5.88 Å². The molecule has 0 aliphatic heterocycles. The Kier molecular flexibility index (Phi) is 5.82. The summed E-state index contributed by atoms with van der Waals surface area (Å²) in [5.74, 6) is 2.02. The molecule has 0 aliphatic carbocycles. The van der Waals surface area contributed by atoms with E-state index in [-0.39, 0.29) is 10.8 Å². The molecule has 0 saturated carbocycles. The Hall–Kier alpha value is -3.35. The van der Waals surface area contributed by atoms with Crippen LogP contribution in [-0.2, 0) is 10.8 Å². The van der Waals surface area contributed by atoms with Crippen LogP contribution in [-0.4, -0.2) is 16.2 Å². The predicted octanol–water partition coefficient (Wildman–Crippen LogP) is 6.10. The largest absolute Gasteiger partial charge is 0.437 e. The highest BCUT2D eigenvalue weighted by atomic mass is 16.5. The molecular weight excluding hydrogens is 380 g/mol. The van der Waals surface area contributed by atoms with Crippen molar-refractivity contribution in [2.75, 3.05) is 10.6 Å². The van der Waals surface area contributed by atoms with Crippen molar-refractivity contribution in [2.45, 2.75) is 52.4 Å². The number of nitrogens with zero attached hydrogens (tertiary/aromatic N) is 2. The van der Waals surface area contributed by atoms with Gasteiger partial charge in [-0.2, -0.15) is 0 Å². The zero-order chi connectivity index (χ0) is 21.9. The van der Waals surface area contributed by atoms with Crippen LogP contribution in [0.3, 0.4) is 0 Å². The summed E-state index contributed by atoms with van der Waals surface area (Å²) in [6.45, 7) is 12.4. The lowest BCUT2D eigenvalue weighted by atomic mass is 9.86. The monoisotopic (exact) mass is 408 g/mol. The maximum Gasteiger partial charge on any atom is 0.325 e. The molecule has 0 unspecified atom stereocenters. The molecule has 0 saturated heterocycles. The Morgan fingerprint density at radius 3 is 2.37 bits per heavy atom. The molecule has 7 heteroatoms. The lowest BCUT2D eigenvalue weighted by Gasteiger charge is -2.22. The molecule has 2 aromatic heterocycles. The summed E-state index contributed by atoms with van der Waals surface area (Å²) >= 11 is 0. The van der Waals surface area contributed by atoms with E-state index in [2.05, 4.69) is 41.5 Å². The molecule has 30 heavy (non-hydrogen) atoms. The molecular formula is C23H28N4O3. The molecule has 0 spiro atoms. The van der Waals surface area contributed by atoms with Crippen molar-refractivity contribution in [2.24, 2.45) is 0 Å². The summed E-state index contributed by atoms with van der Waals surface area (Å²) in [4.78, 5) is 16.8. The summed E-state index contributed by atoms with van der Waals surface area (Å²) in [7, 11) is 0. The number of para-hydroxylation sites is 1. The van der Waals surface area contributed by atoms with Crippen LogP contribution in [0.2, 0.25) is 0 Å². The third-order valence-corrected chi connectivity index (χ3v) is 4.41. The van der Waals surface area contributed by atoms with Crippen molar-refractivity contribution in [1.29, 1.82) is 0 Å². The number of hydrogen-bond donors (Lipinski definition) is 2. The van der Waals surface area contributed by atoms with E-state index in [1.807, 2.05) is 45.0 Å². The maximum absolute atomic E-state index is 12.5. The highest BCUT2D eigenvalue weighted by molar-refractivity contribution is 5.99. The zero-order valence-electron chi connectivity index (χ0n) is 18.2. The molecule has 3 rings (SSSR count). The average molecular weight is 409 g/mol. The van der Waals surface area contributed by atoms with E-state index in [9.17, 15) is 4.79 Å². The number of aromatic nitrogens is 2. The Labute approximate surface area is 176 Å². The second-order valence-corrected chi connectivity index (χ2v) is 9.11. The van der Waals surface area contributed by atoms with Crippen LogP contribution >= 0.6 is 0 Å². The van der Waals surface area contributed by atoms with Gasteiger partial charge < -0.3 is 14.6 Å². The molecule has 0 radical (unpaired) electrons. The van der Waals surface area contributed by atoms with Crippen LogP contribution in [0.25, 0.3) is 0 Å². The molecule has 2 N–H and O–H groups in total. The molecule has 2 amide bonds. The van der Waals surface area contributed by atoms with E-state index in [0.29, 0.717) is 28.9 Å². The minimum atomic E-state index is -0.467. The summed E-state index contributed by atoms with van der Waals surface area (Å²) < 4.78 is 11.4. The minimum Gasteiger partial charge on any atom is -0.437 e. The van der Waals surface area contributed by atoms with Crippen LogP contribution in [0.5, 0.6) is 11.6 Å². The van der Waals surface area contributed by atoms with Crippen molar-refractivity contribution in [3.8, 4) is 11.6 Å². The second-order valence-electron chi connectivity index (χ2n) is 9.11. The van der Waals surface area contributed by atoms with Crippen LogP contribution in [0.4, 0.5) is 16.3 Å². The van der Waals surface area contributed by atoms with Gasteiger partial charge in [0, 0.05) is 23.2 Å². The van der Waals surface area contributed by atoms with E-state index in [4.69, 9.17) is 9.26 Å². The molecule has 158 valence electrons. The Bertz CT molecular complexity index is 1030. The fourth-order valence-electron chi connectivity index (χ4n) is 2.80. The van der Waals surface area contributed by atoms with Gasteiger partial charge in [-0.25, -0.2) is 9.78 Å². The molecule has 0 atom stereocenters. The van der Waals surface area contributed by atoms with Crippen LogP contribution in [0.15, 0.2) is 53.2 Å². The van der Waals surface area contributed by atoms with Crippen LogP contribution in [0, 0.1) is 0 Å². The van der Waals surface area contributed by atoms with Gasteiger partial charge in [-0.15, -0.1) is 0 Å². The van der Waals surface area contributed by atoms with Gasteiger partial charge in [-0.1, -0.05) is 64.9 Å². The fraction of sp³-hybridized carbons (Fsp3) is 0.348. The third-order valence-electron chi connectivity index (χ3n) is 4.41. The molecule has 0 aliphatic rings. The van der Waals surface area contributed by atoms with Gasteiger partial charge in [0.25, 0.3) is 0 Å². The second kappa shape index (κ2) is 8.18. The third kappa shape index (κ3) is 5.17. The summed E-state index contributed by atoms with van der Waals surface area (Å²) in [5.41, 5.74) is 1.18. The first kappa shape index (κ1) is 21.4. The minimum absolute atomic E-state index is 0.103. The van der Waals surface area contributed by atoms with E-state index < -0.39 is 6.03 Å². The molecule has 1 aromatic carbocycles. The normalized spacial score (nSPS) is 11.8. The Balaban J connectivity index is 1.76. The number of amides is 2. The lowest BCUT2D eigenvalue weighted by molar-refractivity contribution is 0.261. The first-order chi connectivity index (χ1) is 14.0. The van der Waals surface area contributed by atoms with E-state index in [1.54, 1.807) is 24.4 Å². The average Bonchev–Trinajstić information content (AvgIpc) is 3.12. The number of nitrogens with one attached hydrogen (secondary N) is 2. The number of ether oxygens (including phenoxy) is 1. The van der Waals surface area contributed by atoms with Crippen LogP contribution in [0.1, 0.15) is 52.9 Å². The SMILES string of the molecule is CC(C)(C)c1cc(NC(=O)Nc2cccnc2Oc2ccccc2C(C)(C)C)no1.